The molecule has 0 bridgehead atoms. The first kappa shape index (κ1) is 14.8. The van der Waals surface area contributed by atoms with Gasteiger partial charge in [0, 0.05) is 12.0 Å². The van der Waals surface area contributed by atoms with Gasteiger partial charge in [-0.15, -0.1) is 0 Å². The monoisotopic (exact) mass is 294 g/mol. The third-order valence-corrected chi connectivity index (χ3v) is 4.40. The van der Waals surface area contributed by atoms with Crippen molar-refractivity contribution in [1.82, 2.24) is 5.32 Å². The third kappa shape index (κ3) is 3.37. The predicted octanol–water partition coefficient (Wildman–Crippen LogP) is 3.02. The van der Waals surface area contributed by atoms with Crippen molar-refractivity contribution in [2.45, 2.75) is 31.3 Å². The third-order valence-electron chi connectivity index (χ3n) is 4.40. The van der Waals surface area contributed by atoms with Crippen LogP contribution in [0.15, 0.2) is 60.7 Å². The Bertz CT molecular complexity index is 572. The van der Waals surface area contributed by atoms with Gasteiger partial charge >= 0.3 is 0 Å². The molecule has 2 unspecified atom stereocenters. The maximum Gasteiger partial charge on any atom is 0.223 e. The van der Waals surface area contributed by atoms with E-state index in [4.69, 9.17) is 5.73 Å². The first-order valence-corrected chi connectivity index (χ1v) is 7.90. The van der Waals surface area contributed by atoms with E-state index in [-0.39, 0.29) is 23.9 Å². The van der Waals surface area contributed by atoms with E-state index in [1.165, 1.54) is 0 Å². The molecule has 114 valence electrons. The summed E-state index contributed by atoms with van der Waals surface area (Å²) >= 11 is 0. The fourth-order valence-electron chi connectivity index (χ4n) is 3.16. The largest absolute Gasteiger partial charge is 0.345 e. The van der Waals surface area contributed by atoms with E-state index in [9.17, 15) is 4.79 Å². The standard InChI is InChI=1S/C19H22N2O/c20-17-12-11-16(13-17)19(22)21-18(14-7-3-1-4-8-14)15-9-5-2-6-10-15/h1-10,16-18H,11-13,20H2,(H,21,22). The van der Waals surface area contributed by atoms with Gasteiger partial charge in [-0.25, -0.2) is 0 Å². The van der Waals surface area contributed by atoms with Gasteiger partial charge < -0.3 is 11.1 Å². The van der Waals surface area contributed by atoms with Gasteiger partial charge in [-0.2, -0.15) is 0 Å². The highest BCUT2D eigenvalue weighted by Gasteiger charge is 2.29. The average Bonchev–Trinajstić information content (AvgIpc) is 3.01. The zero-order valence-corrected chi connectivity index (χ0v) is 12.6. The van der Waals surface area contributed by atoms with Crippen molar-refractivity contribution in [3.63, 3.8) is 0 Å². The van der Waals surface area contributed by atoms with E-state index in [1.54, 1.807) is 0 Å². The van der Waals surface area contributed by atoms with Crippen LogP contribution in [0.4, 0.5) is 0 Å². The second-order valence-corrected chi connectivity index (χ2v) is 6.03. The number of benzene rings is 2. The predicted molar refractivity (Wildman–Crippen MR) is 88.2 cm³/mol. The van der Waals surface area contributed by atoms with E-state index in [0.717, 1.165) is 30.4 Å². The molecular formula is C19H22N2O. The van der Waals surface area contributed by atoms with Crippen LogP contribution in [0.3, 0.4) is 0 Å². The van der Waals surface area contributed by atoms with Gasteiger partial charge in [0.25, 0.3) is 0 Å². The molecule has 3 rings (SSSR count). The summed E-state index contributed by atoms with van der Waals surface area (Å²) in [4.78, 5) is 12.6. The quantitative estimate of drug-likeness (QED) is 0.910. The molecule has 2 aromatic rings. The number of rotatable bonds is 4. The van der Waals surface area contributed by atoms with Crippen molar-refractivity contribution in [2.75, 3.05) is 0 Å². The number of carbonyl (C=O) groups is 1. The fraction of sp³-hybridized carbons (Fsp3) is 0.316. The summed E-state index contributed by atoms with van der Waals surface area (Å²) in [6.07, 6.45) is 2.63. The SMILES string of the molecule is NC1CCC(C(=O)NC(c2ccccc2)c2ccccc2)C1. The highest BCUT2D eigenvalue weighted by atomic mass is 16.1. The number of hydrogen-bond acceptors (Lipinski definition) is 2. The molecule has 3 heteroatoms. The first-order valence-electron chi connectivity index (χ1n) is 7.90. The molecule has 0 heterocycles. The van der Waals surface area contributed by atoms with Crippen molar-refractivity contribution in [1.29, 1.82) is 0 Å². The highest BCUT2D eigenvalue weighted by molar-refractivity contribution is 5.80. The summed E-state index contributed by atoms with van der Waals surface area (Å²) in [7, 11) is 0. The summed E-state index contributed by atoms with van der Waals surface area (Å²) in [6, 6.07) is 20.3. The van der Waals surface area contributed by atoms with Crippen LogP contribution in [0.5, 0.6) is 0 Å². The fourth-order valence-corrected chi connectivity index (χ4v) is 3.16. The van der Waals surface area contributed by atoms with Crippen molar-refractivity contribution >= 4 is 5.91 Å². The van der Waals surface area contributed by atoms with Crippen molar-refractivity contribution < 1.29 is 4.79 Å². The van der Waals surface area contributed by atoms with Gasteiger partial charge in [-0.1, -0.05) is 60.7 Å². The van der Waals surface area contributed by atoms with Crippen LogP contribution in [-0.2, 0) is 4.79 Å². The van der Waals surface area contributed by atoms with Gasteiger partial charge in [0.1, 0.15) is 0 Å². The minimum absolute atomic E-state index is 0.0462. The Morgan fingerprint density at radius 2 is 1.50 bits per heavy atom. The van der Waals surface area contributed by atoms with Crippen LogP contribution in [0.2, 0.25) is 0 Å². The van der Waals surface area contributed by atoms with Crippen LogP contribution < -0.4 is 11.1 Å². The Morgan fingerprint density at radius 3 is 1.95 bits per heavy atom. The zero-order chi connectivity index (χ0) is 15.4. The molecular weight excluding hydrogens is 272 g/mol. The highest BCUT2D eigenvalue weighted by Crippen LogP contribution is 2.27. The van der Waals surface area contributed by atoms with E-state index >= 15 is 0 Å². The second kappa shape index (κ2) is 6.75. The molecule has 1 fully saturated rings. The van der Waals surface area contributed by atoms with Crippen molar-refractivity contribution in [3.05, 3.63) is 71.8 Å². The van der Waals surface area contributed by atoms with Gasteiger partial charge in [-0.3, -0.25) is 4.79 Å². The lowest BCUT2D eigenvalue weighted by atomic mass is 9.97. The van der Waals surface area contributed by atoms with E-state index in [2.05, 4.69) is 29.6 Å². The summed E-state index contributed by atoms with van der Waals surface area (Å²) in [5, 5.41) is 3.22. The van der Waals surface area contributed by atoms with Crippen LogP contribution >= 0.6 is 0 Å². The first-order chi connectivity index (χ1) is 10.7. The molecule has 0 saturated heterocycles. The Labute approximate surface area is 131 Å². The molecule has 2 aromatic carbocycles. The molecule has 1 aliphatic rings. The molecule has 0 aromatic heterocycles. The number of carbonyl (C=O) groups excluding carboxylic acids is 1. The molecule has 3 N–H and O–H groups in total. The maximum atomic E-state index is 12.6. The number of hydrogen-bond donors (Lipinski definition) is 2. The number of nitrogens with two attached hydrogens (primary N) is 1. The summed E-state index contributed by atoms with van der Waals surface area (Å²) in [5.41, 5.74) is 8.14. The Balaban J connectivity index is 1.82. The van der Waals surface area contributed by atoms with Gasteiger partial charge in [0.2, 0.25) is 5.91 Å². The lowest BCUT2D eigenvalue weighted by molar-refractivity contribution is -0.125. The molecule has 1 amide bonds. The van der Waals surface area contributed by atoms with E-state index in [1.807, 2.05) is 36.4 Å². The molecule has 1 aliphatic carbocycles. The summed E-state index contributed by atoms with van der Waals surface area (Å²) < 4.78 is 0. The van der Waals surface area contributed by atoms with Gasteiger partial charge in [-0.05, 0) is 30.4 Å². The Hall–Kier alpha value is -2.13. The normalized spacial score (nSPS) is 21.0. The summed E-state index contributed by atoms with van der Waals surface area (Å²) in [5.74, 6) is 0.163. The lowest BCUT2D eigenvalue weighted by Gasteiger charge is -2.22. The number of nitrogens with one attached hydrogen (secondary N) is 1. The second-order valence-electron chi connectivity index (χ2n) is 6.03. The van der Waals surface area contributed by atoms with Gasteiger partial charge in [0.05, 0.1) is 6.04 Å². The number of amides is 1. The zero-order valence-electron chi connectivity index (χ0n) is 12.6. The molecule has 22 heavy (non-hydrogen) atoms. The molecule has 0 radical (unpaired) electrons. The lowest BCUT2D eigenvalue weighted by Crippen LogP contribution is -2.34. The molecule has 3 nitrogen and oxygen atoms in total. The van der Waals surface area contributed by atoms with Crippen LogP contribution in [0.25, 0.3) is 0 Å². The topological polar surface area (TPSA) is 55.1 Å². The van der Waals surface area contributed by atoms with Crippen molar-refractivity contribution in [2.24, 2.45) is 11.7 Å². The minimum atomic E-state index is -0.105. The maximum absolute atomic E-state index is 12.6. The molecule has 0 aliphatic heterocycles. The van der Waals surface area contributed by atoms with E-state index < -0.39 is 0 Å². The molecule has 0 spiro atoms. The molecule has 1 saturated carbocycles. The molecule has 2 atom stereocenters. The Kier molecular flexibility index (Phi) is 4.54. The van der Waals surface area contributed by atoms with E-state index in [0.29, 0.717) is 0 Å². The summed E-state index contributed by atoms with van der Waals surface area (Å²) in [6.45, 7) is 0. The smallest absolute Gasteiger partial charge is 0.223 e. The minimum Gasteiger partial charge on any atom is -0.345 e. The van der Waals surface area contributed by atoms with Crippen LogP contribution in [0.1, 0.15) is 36.4 Å². The Morgan fingerprint density at radius 1 is 0.955 bits per heavy atom. The van der Waals surface area contributed by atoms with Crippen LogP contribution in [0, 0.1) is 5.92 Å². The van der Waals surface area contributed by atoms with Gasteiger partial charge in [0.15, 0.2) is 0 Å². The average molecular weight is 294 g/mol. The van der Waals surface area contributed by atoms with Crippen LogP contribution in [-0.4, -0.2) is 11.9 Å². The van der Waals surface area contributed by atoms with Crippen molar-refractivity contribution in [3.8, 4) is 0 Å².